The maximum atomic E-state index is 12.0. The number of aromatic nitrogens is 4. The molecule has 0 aliphatic heterocycles. The van der Waals surface area contributed by atoms with Crippen LogP contribution in [0.2, 0.25) is 0 Å². The van der Waals surface area contributed by atoms with E-state index in [0.717, 1.165) is 77.3 Å². The third kappa shape index (κ3) is 5.00. The van der Waals surface area contributed by atoms with Crippen molar-refractivity contribution in [2.24, 2.45) is 0 Å². The standard InChI is InChI=1S/C43H31N4O.Pt/c1-43(2,3)30-22-28(21-29(23-30)36-24-27(17-19-44-36)26-11-5-4-6-12-26)35-18-20-45-42(46-35)34-25-33-31-13-7-9-15-37(31)47-38-16-10-8-14-32(38)39(40(33)47)41(34)48;/h4-20,22-25,48H,1-3H3;/q-1;. The van der Waals surface area contributed by atoms with Crippen molar-refractivity contribution >= 4 is 38.1 Å². The number of aromatic hydroxyl groups is 1. The van der Waals surface area contributed by atoms with Gasteiger partial charge in [0.15, 0.2) is 5.82 Å². The van der Waals surface area contributed by atoms with Crippen LogP contribution in [-0.4, -0.2) is 24.5 Å². The van der Waals surface area contributed by atoms with E-state index in [4.69, 9.17) is 15.0 Å². The van der Waals surface area contributed by atoms with E-state index >= 15 is 0 Å². The molecule has 0 unspecified atom stereocenters. The predicted octanol–water partition coefficient (Wildman–Crippen LogP) is 10.5. The third-order valence-electron chi connectivity index (χ3n) is 9.40. The first-order valence-corrected chi connectivity index (χ1v) is 16.2. The van der Waals surface area contributed by atoms with Crippen LogP contribution in [0.25, 0.3) is 83.1 Å². The first-order chi connectivity index (χ1) is 23.3. The SMILES string of the molecule is CC(C)(C)c1cc(-c2cc(-c3ccccc3)ccn2)[c-]c(-c2ccnc(-c3cc4c5ccccc5n5c6ccccc6c(c3O)c45)n2)c1.[Pt]. The van der Waals surface area contributed by atoms with Crippen molar-refractivity contribution in [2.75, 3.05) is 0 Å². The van der Waals surface area contributed by atoms with Gasteiger partial charge in [-0.05, 0) is 40.8 Å². The number of phenols is 1. The average Bonchev–Trinajstić information content (AvgIpc) is 3.64. The van der Waals surface area contributed by atoms with E-state index in [0.29, 0.717) is 11.4 Å². The van der Waals surface area contributed by atoms with Gasteiger partial charge in [0.2, 0.25) is 0 Å². The fourth-order valence-electron chi connectivity index (χ4n) is 6.98. The molecule has 0 spiro atoms. The van der Waals surface area contributed by atoms with Gasteiger partial charge in [-0.3, -0.25) is 9.97 Å². The maximum absolute atomic E-state index is 12.0. The summed E-state index contributed by atoms with van der Waals surface area (Å²) in [6, 6.07) is 43.0. The van der Waals surface area contributed by atoms with Crippen LogP contribution in [0.4, 0.5) is 0 Å². The Labute approximate surface area is 298 Å². The molecule has 6 heteroatoms. The van der Waals surface area contributed by atoms with Gasteiger partial charge in [-0.15, -0.1) is 23.8 Å². The molecule has 4 aromatic heterocycles. The quantitative estimate of drug-likeness (QED) is 0.180. The van der Waals surface area contributed by atoms with Crippen LogP contribution in [-0.2, 0) is 26.5 Å². The van der Waals surface area contributed by atoms with Crippen molar-refractivity contribution in [3.05, 3.63) is 139 Å². The molecule has 1 N–H and O–H groups in total. The molecule has 5 nitrogen and oxygen atoms in total. The molecule has 0 amide bonds. The Morgan fingerprint density at radius 1 is 0.633 bits per heavy atom. The number of nitrogens with zero attached hydrogens (tertiary/aromatic N) is 4. The summed E-state index contributed by atoms with van der Waals surface area (Å²) < 4.78 is 2.26. The first kappa shape index (κ1) is 30.9. The molecule has 4 heterocycles. The monoisotopic (exact) mass is 814 g/mol. The second-order valence-electron chi connectivity index (χ2n) is 13.4. The molecule has 0 aliphatic carbocycles. The van der Waals surface area contributed by atoms with Crippen LogP contribution in [0.15, 0.2) is 128 Å². The van der Waals surface area contributed by atoms with Gasteiger partial charge in [0, 0.05) is 61.0 Å². The molecule has 0 radical (unpaired) electrons. The van der Waals surface area contributed by atoms with Gasteiger partial charge in [-0.25, -0.2) is 4.98 Å². The minimum Gasteiger partial charge on any atom is -0.506 e. The zero-order valence-electron chi connectivity index (χ0n) is 27.2. The van der Waals surface area contributed by atoms with Crippen LogP contribution < -0.4 is 0 Å². The summed E-state index contributed by atoms with van der Waals surface area (Å²) >= 11 is 0. The molecule has 49 heavy (non-hydrogen) atoms. The Bertz CT molecular complexity index is 2670. The van der Waals surface area contributed by atoms with Crippen molar-refractivity contribution in [1.82, 2.24) is 19.4 Å². The smallest absolute Gasteiger partial charge is 0.155 e. The van der Waals surface area contributed by atoms with Crippen molar-refractivity contribution in [3.8, 4) is 50.8 Å². The van der Waals surface area contributed by atoms with E-state index in [9.17, 15) is 5.11 Å². The molecular formula is C43H31N4OPt-. The van der Waals surface area contributed by atoms with E-state index < -0.39 is 0 Å². The van der Waals surface area contributed by atoms with E-state index in [1.54, 1.807) is 6.20 Å². The summed E-state index contributed by atoms with van der Waals surface area (Å²) in [6.45, 7) is 6.62. The molecule has 0 atom stereocenters. The number of rotatable bonds is 4. The topological polar surface area (TPSA) is 63.3 Å². The summed E-state index contributed by atoms with van der Waals surface area (Å²) in [7, 11) is 0. The minimum absolute atomic E-state index is 0. The summed E-state index contributed by atoms with van der Waals surface area (Å²) in [6.07, 6.45) is 3.62. The fourth-order valence-corrected chi connectivity index (χ4v) is 6.98. The van der Waals surface area contributed by atoms with Crippen molar-refractivity contribution in [1.29, 1.82) is 0 Å². The molecular weight excluding hydrogens is 784 g/mol. The molecule has 0 saturated carbocycles. The molecule has 9 aromatic rings. The van der Waals surface area contributed by atoms with Gasteiger partial charge in [0.1, 0.15) is 5.75 Å². The Balaban J connectivity index is 0.00000348. The molecule has 0 fully saturated rings. The number of hydrogen-bond acceptors (Lipinski definition) is 4. The summed E-state index contributed by atoms with van der Waals surface area (Å²) in [4.78, 5) is 14.6. The van der Waals surface area contributed by atoms with E-state index in [1.807, 2.05) is 54.7 Å². The van der Waals surface area contributed by atoms with Gasteiger partial charge in [0.25, 0.3) is 0 Å². The van der Waals surface area contributed by atoms with Crippen molar-refractivity contribution in [2.45, 2.75) is 26.2 Å². The maximum Gasteiger partial charge on any atom is 0.155 e. The van der Waals surface area contributed by atoms with Gasteiger partial charge in [0.05, 0.1) is 27.5 Å². The second kappa shape index (κ2) is 11.6. The zero-order chi connectivity index (χ0) is 32.6. The molecule has 0 bridgehead atoms. The predicted molar refractivity (Wildman–Crippen MR) is 195 cm³/mol. The van der Waals surface area contributed by atoms with Crippen LogP contribution in [0.3, 0.4) is 0 Å². The fraction of sp³-hybridized carbons (Fsp3) is 0.0930. The Morgan fingerprint density at radius 2 is 1.29 bits per heavy atom. The summed E-state index contributed by atoms with van der Waals surface area (Å²) in [5, 5.41) is 16.0. The van der Waals surface area contributed by atoms with E-state index in [2.05, 4.69) is 98.0 Å². The minimum atomic E-state index is -0.124. The third-order valence-corrected chi connectivity index (χ3v) is 9.40. The normalized spacial score (nSPS) is 11.9. The number of phenolic OH excluding ortho intramolecular Hbond substituents is 1. The summed E-state index contributed by atoms with van der Waals surface area (Å²) in [5.74, 6) is 0.647. The summed E-state index contributed by atoms with van der Waals surface area (Å²) in [5.41, 5.74) is 10.4. The van der Waals surface area contributed by atoms with Crippen LogP contribution in [0, 0.1) is 6.07 Å². The van der Waals surface area contributed by atoms with Gasteiger partial charge in [-0.1, -0.05) is 111 Å². The zero-order valence-corrected chi connectivity index (χ0v) is 29.4. The average molecular weight is 815 g/mol. The van der Waals surface area contributed by atoms with Crippen LogP contribution in [0.1, 0.15) is 26.3 Å². The second-order valence-corrected chi connectivity index (χ2v) is 13.4. The van der Waals surface area contributed by atoms with Crippen LogP contribution in [0.5, 0.6) is 5.75 Å². The Hall–Kier alpha value is -5.38. The van der Waals surface area contributed by atoms with Gasteiger partial charge < -0.3 is 9.51 Å². The van der Waals surface area contributed by atoms with Gasteiger partial charge in [-0.2, -0.15) is 0 Å². The van der Waals surface area contributed by atoms with Crippen molar-refractivity contribution < 1.29 is 26.2 Å². The number of para-hydroxylation sites is 2. The molecule has 240 valence electrons. The molecule has 0 saturated heterocycles. The van der Waals surface area contributed by atoms with E-state index in [-0.39, 0.29) is 32.2 Å². The number of hydrogen-bond donors (Lipinski definition) is 1. The Morgan fingerprint density at radius 3 is 2.04 bits per heavy atom. The molecule has 9 rings (SSSR count). The number of fused-ring (bicyclic) bond motifs is 6. The van der Waals surface area contributed by atoms with Gasteiger partial charge >= 0.3 is 0 Å². The Kier molecular flexibility index (Phi) is 7.35. The number of pyridine rings is 1. The molecule has 0 aliphatic rings. The van der Waals surface area contributed by atoms with E-state index in [1.165, 1.54) is 0 Å². The molecule has 5 aromatic carbocycles. The number of benzene rings is 5. The first-order valence-electron chi connectivity index (χ1n) is 16.2. The van der Waals surface area contributed by atoms with Crippen molar-refractivity contribution in [3.63, 3.8) is 0 Å². The largest absolute Gasteiger partial charge is 0.506 e. The van der Waals surface area contributed by atoms with Crippen LogP contribution >= 0.6 is 0 Å².